The topological polar surface area (TPSA) is 36.4 Å². The number of hydrogen-bond donors (Lipinski definition) is 0. The Morgan fingerprint density at radius 2 is 1.78 bits per heavy atom. The Hall–Kier alpha value is -1.72. The van der Waals surface area contributed by atoms with Crippen molar-refractivity contribution >= 4 is 21.8 Å². The Morgan fingerprint density at radius 1 is 1.04 bits per heavy atom. The third-order valence-corrected chi connectivity index (χ3v) is 4.65. The molecule has 0 spiro atoms. The maximum absolute atomic E-state index is 12.4. The Balaban J connectivity index is 1.48. The Bertz CT molecular complexity index is 637. The minimum atomic E-state index is 0.216. The number of halogens is 1. The van der Waals surface area contributed by atoms with E-state index in [1.807, 2.05) is 41.4 Å². The molecule has 1 amide bonds. The van der Waals surface area contributed by atoms with Crippen LogP contribution >= 0.6 is 15.9 Å². The lowest BCUT2D eigenvalue weighted by atomic mass is 10.1. The zero-order valence-corrected chi connectivity index (χ0v) is 14.6. The van der Waals surface area contributed by atoms with Crippen LogP contribution in [0.2, 0.25) is 0 Å². The van der Waals surface area contributed by atoms with Crippen LogP contribution in [0.4, 0.5) is 0 Å². The zero-order valence-electron chi connectivity index (χ0n) is 13.0. The van der Waals surface area contributed by atoms with Crippen LogP contribution in [0.3, 0.4) is 0 Å². The van der Waals surface area contributed by atoms with E-state index in [1.165, 1.54) is 5.56 Å². The predicted molar refractivity (Wildman–Crippen MR) is 93.9 cm³/mol. The highest BCUT2D eigenvalue weighted by atomic mass is 79.9. The first-order chi connectivity index (χ1) is 11.2. The second-order valence-electron chi connectivity index (χ2n) is 5.82. The molecular weight excluding hydrogens is 354 g/mol. The average molecular weight is 374 g/mol. The number of carbonyl (C=O) groups is 1. The van der Waals surface area contributed by atoms with Crippen LogP contribution in [0.15, 0.2) is 53.3 Å². The molecule has 23 heavy (non-hydrogen) atoms. The van der Waals surface area contributed by atoms with E-state index in [0.717, 1.165) is 42.8 Å². The third kappa shape index (κ3) is 4.62. The Labute approximate surface area is 145 Å². The molecule has 0 radical (unpaired) electrons. The average Bonchev–Trinajstić information content (AvgIpc) is 2.58. The van der Waals surface area contributed by atoms with Crippen LogP contribution in [0, 0.1) is 0 Å². The number of nitrogens with zero attached hydrogens (tertiary/aromatic N) is 3. The fourth-order valence-corrected chi connectivity index (χ4v) is 3.06. The molecule has 4 nitrogen and oxygen atoms in total. The van der Waals surface area contributed by atoms with Gasteiger partial charge in [0.05, 0.1) is 6.42 Å². The minimum Gasteiger partial charge on any atom is -0.340 e. The molecule has 0 atom stereocenters. The van der Waals surface area contributed by atoms with Crippen molar-refractivity contribution < 1.29 is 4.79 Å². The second kappa shape index (κ2) is 7.70. The predicted octanol–water partition coefficient (Wildman–Crippen LogP) is 2.73. The molecule has 1 aromatic heterocycles. The molecule has 1 fully saturated rings. The lowest BCUT2D eigenvalue weighted by molar-refractivity contribution is -0.132. The SMILES string of the molecule is O=C(Cc1ccc(Br)cc1)N1CCN(Cc2cccnc2)CC1. The fraction of sp³-hybridized carbons (Fsp3) is 0.333. The molecule has 0 saturated carbocycles. The number of rotatable bonds is 4. The monoisotopic (exact) mass is 373 g/mol. The number of carbonyl (C=O) groups excluding carboxylic acids is 1. The number of aromatic nitrogens is 1. The highest BCUT2D eigenvalue weighted by molar-refractivity contribution is 9.10. The molecule has 2 heterocycles. The summed E-state index contributed by atoms with van der Waals surface area (Å²) in [5.41, 5.74) is 2.29. The molecule has 0 bridgehead atoms. The summed E-state index contributed by atoms with van der Waals surface area (Å²) >= 11 is 3.42. The van der Waals surface area contributed by atoms with E-state index < -0.39 is 0 Å². The molecule has 1 aliphatic rings. The van der Waals surface area contributed by atoms with E-state index in [2.05, 4.69) is 31.9 Å². The standard InChI is InChI=1S/C18H20BrN3O/c19-17-5-3-15(4-6-17)12-18(23)22-10-8-21(9-11-22)14-16-2-1-7-20-13-16/h1-7,13H,8-12,14H2. The maximum Gasteiger partial charge on any atom is 0.227 e. The normalized spacial score (nSPS) is 15.6. The van der Waals surface area contributed by atoms with Gasteiger partial charge in [-0.15, -0.1) is 0 Å². The molecular formula is C18H20BrN3O. The molecule has 5 heteroatoms. The van der Waals surface area contributed by atoms with Gasteiger partial charge in [0.2, 0.25) is 5.91 Å². The number of hydrogen-bond acceptors (Lipinski definition) is 3. The third-order valence-electron chi connectivity index (χ3n) is 4.12. The molecule has 0 aliphatic carbocycles. The highest BCUT2D eigenvalue weighted by Crippen LogP contribution is 2.13. The van der Waals surface area contributed by atoms with Gasteiger partial charge >= 0.3 is 0 Å². The van der Waals surface area contributed by atoms with Crippen molar-refractivity contribution in [2.75, 3.05) is 26.2 Å². The Kier molecular flexibility index (Phi) is 5.41. The van der Waals surface area contributed by atoms with Crippen molar-refractivity contribution in [1.29, 1.82) is 0 Å². The van der Waals surface area contributed by atoms with Gasteiger partial charge in [-0.1, -0.05) is 34.1 Å². The van der Waals surface area contributed by atoms with Crippen LogP contribution in [-0.2, 0) is 17.8 Å². The lowest BCUT2D eigenvalue weighted by Gasteiger charge is -2.34. The van der Waals surface area contributed by atoms with Crippen molar-refractivity contribution in [3.8, 4) is 0 Å². The number of pyridine rings is 1. The quantitative estimate of drug-likeness (QED) is 0.826. The summed E-state index contributed by atoms with van der Waals surface area (Å²) in [6, 6.07) is 12.0. The first-order valence-corrected chi connectivity index (χ1v) is 8.63. The Morgan fingerprint density at radius 3 is 2.43 bits per heavy atom. The molecule has 1 saturated heterocycles. The second-order valence-corrected chi connectivity index (χ2v) is 6.74. The molecule has 0 unspecified atom stereocenters. The summed E-state index contributed by atoms with van der Waals surface area (Å²) in [5, 5.41) is 0. The van der Waals surface area contributed by atoms with Crippen LogP contribution in [0.5, 0.6) is 0 Å². The van der Waals surface area contributed by atoms with E-state index in [4.69, 9.17) is 0 Å². The minimum absolute atomic E-state index is 0.216. The molecule has 1 aliphatic heterocycles. The fourth-order valence-electron chi connectivity index (χ4n) is 2.79. The summed E-state index contributed by atoms with van der Waals surface area (Å²) in [7, 11) is 0. The summed E-state index contributed by atoms with van der Waals surface area (Å²) in [6.07, 6.45) is 4.18. The number of amides is 1. The highest BCUT2D eigenvalue weighted by Gasteiger charge is 2.21. The van der Waals surface area contributed by atoms with Crippen LogP contribution < -0.4 is 0 Å². The van der Waals surface area contributed by atoms with Gasteiger partial charge in [0, 0.05) is 49.6 Å². The van der Waals surface area contributed by atoms with Gasteiger partial charge in [0.25, 0.3) is 0 Å². The summed E-state index contributed by atoms with van der Waals surface area (Å²) < 4.78 is 1.04. The van der Waals surface area contributed by atoms with Gasteiger partial charge in [-0.3, -0.25) is 14.7 Å². The first kappa shape index (κ1) is 16.1. The van der Waals surface area contributed by atoms with E-state index in [-0.39, 0.29) is 5.91 Å². The van der Waals surface area contributed by atoms with Crippen molar-refractivity contribution in [1.82, 2.24) is 14.8 Å². The smallest absolute Gasteiger partial charge is 0.227 e. The van der Waals surface area contributed by atoms with Gasteiger partial charge in [-0.2, -0.15) is 0 Å². The van der Waals surface area contributed by atoms with Gasteiger partial charge in [-0.05, 0) is 29.3 Å². The molecule has 120 valence electrons. The van der Waals surface area contributed by atoms with Gasteiger partial charge in [0.1, 0.15) is 0 Å². The summed E-state index contributed by atoms with van der Waals surface area (Å²) in [4.78, 5) is 20.9. The van der Waals surface area contributed by atoms with Crippen molar-refractivity contribution in [3.63, 3.8) is 0 Å². The van der Waals surface area contributed by atoms with E-state index >= 15 is 0 Å². The zero-order chi connectivity index (χ0) is 16.1. The molecule has 1 aromatic carbocycles. The van der Waals surface area contributed by atoms with Crippen molar-refractivity contribution in [3.05, 3.63) is 64.4 Å². The first-order valence-electron chi connectivity index (χ1n) is 7.84. The molecule has 3 rings (SSSR count). The van der Waals surface area contributed by atoms with Gasteiger partial charge < -0.3 is 4.90 Å². The largest absolute Gasteiger partial charge is 0.340 e. The summed E-state index contributed by atoms with van der Waals surface area (Å²) in [5.74, 6) is 0.216. The lowest BCUT2D eigenvalue weighted by Crippen LogP contribution is -2.48. The van der Waals surface area contributed by atoms with Gasteiger partial charge in [-0.25, -0.2) is 0 Å². The summed E-state index contributed by atoms with van der Waals surface area (Å²) in [6.45, 7) is 4.34. The van der Waals surface area contributed by atoms with Gasteiger partial charge in [0.15, 0.2) is 0 Å². The number of piperazine rings is 1. The van der Waals surface area contributed by atoms with E-state index in [9.17, 15) is 4.79 Å². The molecule has 2 aromatic rings. The van der Waals surface area contributed by atoms with Crippen LogP contribution in [0.1, 0.15) is 11.1 Å². The van der Waals surface area contributed by atoms with Crippen LogP contribution in [-0.4, -0.2) is 46.9 Å². The van der Waals surface area contributed by atoms with Crippen molar-refractivity contribution in [2.45, 2.75) is 13.0 Å². The van der Waals surface area contributed by atoms with Crippen LogP contribution in [0.25, 0.3) is 0 Å². The van der Waals surface area contributed by atoms with Crippen molar-refractivity contribution in [2.24, 2.45) is 0 Å². The van der Waals surface area contributed by atoms with E-state index in [1.54, 1.807) is 6.20 Å². The maximum atomic E-state index is 12.4. The number of benzene rings is 1. The van der Waals surface area contributed by atoms with E-state index in [0.29, 0.717) is 6.42 Å². The molecule has 0 N–H and O–H groups in total.